The Morgan fingerprint density at radius 2 is 0.793 bits per heavy atom. The normalized spacial score (nSPS) is 11.4. The van der Waals surface area contributed by atoms with Crippen LogP contribution < -0.4 is 4.90 Å². The molecule has 0 bridgehead atoms. The zero-order valence-corrected chi connectivity index (χ0v) is 31.7. The van der Waals surface area contributed by atoms with Crippen LogP contribution in [0.2, 0.25) is 0 Å². The van der Waals surface area contributed by atoms with Crippen molar-refractivity contribution in [3.8, 4) is 44.5 Å². The fourth-order valence-electron chi connectivity index (χ4n) is 8.58. The van der Waals surface area contributed by atoms with E-state index in [-0.39, 0.29) is 0 Å². The number of fused-ring (bicyclic) bond motifs is 5. The predicted molar refractivity (Wildman–Crippen MR) is 245 cm³/mol. The second kappa shape index (κ2) is 14.1. The van der Waals surface area contributed by atoms with Gasteiger partial charge in [-0.15, -0.1) is 0 Å². The van der Waals surface area contributed by atoms with Crippen molar-refractivity contribution in [1.29, 1.82) is 0 Å². The Morgan fingerprint density at radius 3 is 1.57 bits per heavy atom. The van der Waals surface area contributed by atoms with Crippen LogP contribution in [0.4, 0.5) is 17.1 Å². The standard InChI is InChI=1S/C56H37NO/c1-2-13-44-37-45(28-27-38(44)11-1)41-25-23-39(24-26-41)40-29-33-46(34-30-40)57(47-35-31-43(32-36-47)49-18-9-14-42-12-3-4-15-48(42)49)54-21-7-5-16-50(54)52-19-10-20-53-51-17-6-8-22-55(51)58-56(52)53/h1-37H. The van der Waals surface area contributed by atoms with Crippen molar-refractivity contribution in [2.24, 2.45) is 0 Å². The number of hydrogen-bond acceptors (Lipinski definition) is 2. The molecule has 0 radical (unpaired) electrons. The molecule has 0 saturated carbocycles. The Morgan fingerprint density at radius 1 is 0.293 bits per heavy atom. The second-order valence-electron chi connectivity index (χ2n) is 14.9. The van der Waals surface area contributed by atoms with E-state index in [4.69, 9.17) is 4.42 Å². The van der Waals surface area contributed by atoms with Gasteiger partial charge < -0.3 is 9.32 Å². The van der Waals surface area contributed by atoms with Crippen molar-refractivity contribution in [1.82, 2.24) is 0 Å². The van der Waals surface area contributed by atoms with Crippen LogP contribution in [0.15, 0.2) is 229 Å². The first-order valence-electron chi connectivity index (χ1n) is 19.8. The third kappa shape index (κ3) is 5.91. The Labute approximate surface area is 337 Å². The number of furan rings is 1. The number of para-hydroxylation sites is 3. The lowest BCUT2D eigenvalue weighted by atomic mass is 9.97. The first kappa shape index (κ1) is 33.6. The SMILES string of the molecule is c1ccc(N(c2ccc(-c3ccc(-c4ccc5ccccc5c4)cc3)cc2)c2ccc(-c3cccc4ccccc34)cc2)c(-c2cccc3c2oc2ccccc23)c1. The van der Waals surface area contributed by atoms with Gasteiger partial charge in [0.1, 0.15) is 11.2 Å². The largest absolute Gasteiger partial charge is 0.455 e. The molecular formula is C56H37NO. The maximum Gasteiger partial charge on any atom is 0.143 e. The molecule has 1 heterocycles. The van der Waals surface area contributed by atoms with Crippen LogP contribution in [-0.4, -0.2) is 0 Å². The van der Waals surface area contributed by atoms with Crippen LogP contribution in [0, 0.1) is 0 Å². The maximum absolute atomic E-state index is 6.59. The molecule has 0 unspecified atom stereocenters. The Hall–Kier alpha value is -7.68. The van der Waals surface area contributed by atoms with Crippen LogP contribution in [0.25, 0.3) is 88.0 Å². The maximum atomic E-state index is 6.59. The molecule has 0 aliphatic carbocycles. The van der Waals surface area contributed by atoms with Crippen LogP contribution in [-0.2, 0) is 0 Å². The summed E-state index contributed by atoms with van der Waals surface area (Å²) in [5.41, 5.74) is 14.3. The van der Waals surface area contributed by atoms with E-state index in [0.717, 1.165) is 50.1 Å². The number of benzene rings is 10. The summed E-state index contributed by atoms with van der Waals surface area (Å²) >= 11 is 0. The van der Waals surface area contributed by atoms with Gasteiger partial charge in [0.15, 0.2) is 0 Å². The minimum Gasteiger partial charge on any atom is -0.455 e. The molecule has 58 heavy (non-hydrogen) atoms. The molecule has 0 saturated heterocycles. The van der Waals surface area contributed by atoms with Crippen molar-refractivity contribution in [3.05, 3.63) is 224 Å². The second-order valence-corrected chi connectivity index (χ2v) is 14.9. The highest BCUT2D eigenvalue weighted by Crippen LogP contribution is 2.45. The molecule has 11 aromatic rings. The summed E-state index contributed by atoms with van der Waals surface area (Å²) in [5.74, 6) is 0. The summed E-state index contributed by atoms with van der Waals surface area (Å²) in [5, 5.41) is 7.24. The van der Waals surface area contributed by atoms with Gasteiger partial charge in [0.05, 0.1) is 5.69 Å². The lowest BCUT2D eigenvalue weighted by Gasteiger charge is -2.28. The van der Waals surface area contributed by atoms with Gasteiger partial charge in [-0.05, 0) is 97.4 Å². The first-order chi connectivity index (χ1) is 28.7. The molecule has 0 amide bonds. The number of nitrogens with zero attached hydrogens (tertiary/aromatic N) is 1. The molecule has 1 aromatic heterocycles. The highest BCUT2D eigenvalue weighted by atomic mass is 16.3. The van der Waals surface area contributed by atoms with Crippen molar-refractivity contribution in [3.63, 3.8) is 0 Å². The molecule has 2 heteroatoms. The van der Waals surface area contributed by atoms with Gasteiger partial charge in [0, 0.05) is 33.3 Å². The van der Waals surface area contributed by atoms with Gasteiger partial charge in [-0.1, -0.05) is 182 Å². The molecular weight excluding hydrogens is 703 g/mol. The molecule has 0 aliphatic rings. The van der Waals surface area contributed by atoms with E-state index in [1.165, 1.54) is 54.9 Å². The Bertz CT molecular complexity index is 3260. The van der Waals surface area contributed by atoms with Crippen molar-refractivity contribution in [2.75, 3.05) is 4.90 Å². The van der Waals surface area contributed by atoms with Crippen LogP contribution in [0.3, 0.4) is 0 Å². The van der Waals surface area contributed by atoms with Crippen LogP contribution in [0.5, 0.6) is 0 Å². The van der Waals surface area contributed by atoms with Gasteiger partial charge >= 0.3 is 0 Å². The minimum atomic E-state index is 0.893. The fraction of sp³-hybridized carbons (Fsp3) is 0. The predicted octanol–water partition coefficient (Wildman–Crippen LogP) is 16.0. The number of hydrogen-bond donors (Lipinski definition) is 0. The molecule has 0 atom stereocenters. The fourth-order valence-corrected chi connectivity index (χ4v) is 8.58. The molecule has 0 spiro atoms. The number of rotatable bonds is 7. The summed E-state index contributed by atoms with van der Waals surface area (Å²) in [4.78, 5) is 2.37. The summed E-state index contributed by atoms with van der Waals surface area (Å²) in [6.45, 7) is 0. The van der Waals surface area contributed by atoms with Crippen LogP contribution >= 0.6 is 0 Å². The third-order valence-electron chi connectivity index (χ3n) is 11.5. The summed E-state index contributed by atoms with van der Waals surface area (Å²) in [6.07, 6.45) is 0. The van der Waals surface area contributed by atoms with E-state index >= 15 is 0 Å². The van der Waals surface area contributed by atoms with Crippen molar-refractivity contribution < 1.29 is 4.42 Å². The summed E-state index contributed by atoms with van der Waals surface area (Å²) in [7, 11) is 0. The van der Waals surface area contributed by atoms with Gasteiger partial charge in [0.2, 0.25) is 0 Å². The smallest absolute Gasteiger partial charge is 0.143 e. The zero-order chi connectivity index (χ0) is 38.4. The van der Waals surface area contributed by atoms with Crippen LogP contribution in [0.1, 0.15) is 0 Å². The van der Waals surface area contributed by atoms with E-state index in [9.17, 15) is 0 Å². The Kier molecular flexibility index (Phi) is 8.19. The monoisotopic (exact) mass is 739 g/mol. The van der Waals surface area contributed by atoms with Crippen molar-refractivity contribution in [2.45, 2.75) is 0 Å². The minimum absolute atomic E-state index is 0.893. The van der Waals surface area contributed by atoms with E-state index in [0.29, 0.717) is 0 Å². The molecule has 0 aliphatic heterocycles. The average Bonchev–Trinajstić information content (AvgIpc) is 3.69. The van der Waals surface area contributed by atoms with E-state index in [1.54, 1.807) is 0 Å². The summed E-state index contributed by atoms with van der Waals surface area (Å²) < 4.78 is 6.59. The highest BCUT2D eigenvalue weighted by Gasteiger charge is 2.20. The zero-order valence-electron chi connectivity index (χ0n) is 31.7. The molecule has 10 aromatic carbocycles. The lowest BCUT2D eigenvalue weighted by Crippen LogP contribution is -2.11. The quantitative estimate of drug-likeness (QED) is 0.162. The first-order valence-corrected chi connectivity index (χ1v) is 19.8. The Balaban J connectivity index is 1.01. The summed E-state index contributed by atoms with van der Waals surface area (Å²) in [6, 6.07) is 80.6. The van der Waals surface area contributed by atoms with E-state index in [1.807, 2.05) is 12.1 Å². The van der Waals surface area contributed by atoms with Gasteiger partial charge in [-0.3, -0.25) is 0 Å². The molecule has 272 valence electrons. The van der Waals surface area contributed by atoms with Gasteiger partial charge in [-0.2, -0.15) is 0 Å². The average molecular weight is 740 g/mol. The number of anilines is 3. The van der Waals surface area contributed by atoms with Gasteiger partial charge in [0.25, 0.3) is 0 Å². The van der Waals surface area contributed by atoms with Gasteiger partial charge in [-0.25, -0.2) is 0 Å². The van der Waals surface area contributed by atoms with E-state index < -0.39 is 0 Å². The molecule has 0 N–H and O–H groups in total. The van der Waals surface area contributed by atoms with E-state index in [2.05, 4.69) is 217 Å². The topological polar surface area (TPSA) is 16.4 Å². The molecule has 0 fully saturated rings. The molecule has 11 rings (SSSR count). The molecule has 2 nitrogen and oxygen atoms in total. The highest BCUT2D eigenvalue weighted by molar-refractivity contribution is 6.11. The third-order valence-corrected chi connectivity index (χ3v) is 11.5. The lowest BCUT2D eigenvalue weighted by molar-refractivity contribution is 0.670. The van der Waals surface area contributed by atoms with Crippen molar-refractivity contribution >= 4 is 60.5 Å².